The van der Waals surface area contributed by atoms with Crippen LogP contribution < -0.4 is 4.90 Å². The third-order valence-electron chi connectivity index (χ3n) is 4.51. The normalized spacial score (nSPS) is 15.9. The van der Waals surface area contributed by atoms with Crippen LogP contribution in [0, 0.1) is 0 Å². The first-order chi connectivity index (χ1) is 12.7. The van der Waals surface area contributed by atoms with Crippen molar-refractivity contribution in [3.8, 4) is 10.4 Å². The van der Waals surface area contributed by atoms with Crippen molar-refractivity contribution in [2.75, 3.05) is 31.1 Å². The predicted octanol–water partition coefficient (Wildman–Crippen LogP) is 3.32. The third-order valence-corrected chi connectivity index (χ3v) is 7.36. The summed E-state index contributed by atoms with van der Waals surface area (Å²) in [6.45, 7) is 2.27. The van der Waals surface area contributed by atoms with Crippen molar-refractivity contribution >= 4 is 27.0 Å². The number of aromatic nitrogens is 1. The Morgan fingerprint density at radius 2 is 1.46 bits per heavy atom. The molecule has 3 aromatic rings. The lowest BCUT2D eigenvalue weighted by atomic mass is 10.2. The molecule has 1 aliphatic heterocycles. The minimum Gasteiger partial charge on any atom is -0.369 e. The molecule has 0 saturated carbocycles. The minimum absolute atomic E-state index is 0.168. The van der Waals surface area contributed by atoms with E-state index in [0.29, 0.717) is 31.1 Å². The number of anilines is 1. The Balaban J connectivity index is 1.55. The molecule has 0 radical (unpaired) electrons. The Hall–Kier alpha value is -2.22. The first-order valence-corrected chi connectivity index (χ1v) is 10.8. The zero-order valence-electron chi connectivity index (χ0n) is 14.2. The lowest BCUT2D eigenvalue weighted by Gasteiger charge is -2.35. The van der Waals surface area contributed by atoms with E-state index in [0.717, 1.165) is 11.3 Å². The van der Waals surface area contributed by atoms with Crippen molar-refractivity contribution in [1.82, 2.24) is 9.29 Å². The number of thiazole rings is 1. The summed E-state index contributed by atoms with van der Waals surface area (Å²) in [6.07, 6.45) is 0. The van der Waals surface area contributed by atoms with Gasteiger partial charge < -0.3 is 4.90 Å². The van der Waals surface area contributed by atoms with Crippen molar-refractivity contribution in [3.63, 3.8) is 0 Å². The highest BCUT2D eigenvalue weighted by molar-refractivity contribution is 7.89. The van der Waals surface area contributed by atoms with Gasteiger partial charge in [-0.2, -0.15) is 4.31 Å². The number of hydrogen-bond acceptors (Lipinski definition) is 5. The van der Waals surface area contributed by atoms with Gasteiger partial charge in [0.25, 0.3) is 10.0 Å². The highest BCUT2D eigenvalue weighted by Gasteiger charge is 2.32. The maximum absolute atomic E-state index is 13.1. The Kier molecular flexibility index (Phi) is 4.76. The highest BCUT2D eigenvalue weighted by Crippen LogP contribution is 2.32. The summed E-state index contributed by atoms with van der Waals surface area (Å²) in [5.41, 5.74) is 3.62. The fraction of sp³-hybridized carbons (Fsp3) is 0.211. The largest absolute Gasteiger partial charge is 0.369 e. The molecule has 0 aliphatic carbocycles. The maximum atomic E-state index is 13.1. The molecule has 5 nitrogen and oxygen atoms in total. The number of para-hydroxylation sites is 1. The maximum Gasteiger partial charge on any atom is 0.262 e. The SMILES string of the molecule is O=S(=O)(c1ncsc1-c1ccccc1)N1CCN(c2ccccc2)CC1. The summed E-state index contributed by atoms with van der Waals surface area (Å²) in [7, 11) is -3.60. The van der Waals surface area contributed by atoms with Crippen LogP contribution in [0.3, 0.4) is 0 Å². The summed E-state index contributed by atoms with van der Waals surface area (Å²) in [5.74, 6) is 0. The van der Waals surface area contributed by atoms with Gasteiger partial charge >= 0.3 is 0 Å². The van der Waals surface area contributed by atoms with Gasteiger partial charge in [-0.15, -0.1) is 11.3 Å². The third kappa shape index (κ3) is 3.25. The second-order valence-corrected chi connectivity index (χ2v) is 8.79. The molecule has 0 atom stereocenters. The van der Waals surface area contributed by atoms with Crippen LogP contribution in [-0.4, -0.2) is 43.9 Å². The lowest BCUT2D eigenvalue weighted by molar-refractivity contribution is 0.384. The molecule has 0 unspecified atom stereocenters. The monoisotopic (exact) mass is 385 g/mol. The van der Waals surface area contributed by atoms with Crippen LogP contribution in [0.5, 0.6) is 0 Å². The summed E-state index contributed by atoms with van der Waals surface area (Å²) < 4.78 is 27.8. The average molecular weight is 386 g/mol. The molecule has 2 aromatic carbocycles. The second-order valence-electron chi connectivity index (χ2n) is 6.08. The van der Waals surface area contributed by atoms with Crippen LogP contribution >= 0.6 is 11.3 Å². The zero-order chi connectivity index (χ0) is 18.0. The van der Waals surface area contributed by atoms with E-state index < -0.39 is 10.0 Å². The van der Waals surface area contributed by atoms with Crippen molar-refractivity contribution in [2.45, 2.75) is 5.03 Å². The first kappa shape index (κ1) is 17.2. The van der Waals surface area contributed by atoms with Crippen LogP contribution in [-0.2, 0) is 10.0 Å². The fourth-order valence-electron chi connectivity index (χ4n) is 3.15. The van der Waals surface area contributed by atoms with Gasteiger partial charge in [-0.05, 0) is 17.7 Å². The fourth-order valence-corrected chi connectivity index (χ4v) is 5.79. The van der Waals surface area contributed by atoms with Crippen LogP contribution in [0.1, 0.15) is 0 Å². The van der Waals surface area contributed by atoms with Crippen molar-refractivity contribution in [2.24, 2.45) is 0 Å². The predicted molar refractivity (Wildman–Crippen MR) is 105 cm³/mol. The smallest absolute Gasteiger partial charge is 0.262 e. The molecule has 1 aromatic heterocycles. The number of rotatable bonds is 4. The molecule has 134 valence electrons. The molecule has 1 aliphatic rings. The van der Waals surface area contributed by atoms with Gasteiger partial charge in [0.05, 0.1) is 10.4 Å². The molecule has 0 spiro atoms. The summed E-state index contributed by atoms with van der Waals surface area (Å²) >= 11 is 1.36. The average Bonchev–Trinajstić information content (AvgIpc) is 3.20. The number of piperazine rings is 1. The van der Waals surface area contributed by atoms with E-state index in [1.54, 1.807) is 9.82 Å². The first-order valence-electron chi connectivity index (χ1n) is 8.45. The minimum atomic E-state index is -3.60. The molecular weight excluding hydrogens is 366 g/mol. The molecule has 2 heterocycles. The van der Waals surface area contributed by atoms with E-state index in [9.17, 15) is 8.42 Å². The van der Waals surface area contributed by atoms with E-state index >= 15 is 0 Å². The van der Waals surface area contributed by atoms with Crippen molar-refractivity contribution in [3.05, 3.63) is 66.2 Å². The molecular formula is C19H19N3O2S2. The van der Waals surface area contributed by atoms with Crippen molar-refractivity contribution in [1.29, 1.82) is 0 Å². The number of sulfonamides is 1. The summed E-state index contributed by atoms with van der Waals surface area (Å²) in [6, 6.07) is 19.7. The highest BCUT2D eigenvalue weighted by atomic mass is 32.2. The van der Waals surface area contributed by atoms with Crippen LogP contribution in [0.25, 0.3) is 10.4 Å². The van der Waals surface area contributed by atoms with Gasteiger partial charge in [-0.3, -0.25) is 0 Å². The molecule has 7 heteroatoms. The van der Waals surface area contributed by atoms with Gasteiger partial charge in [-0.25, -0.2) is 13.4 Å². The molecule has 1 saturated heterocycles. The van der Waals surface area contributed by atoms with E-state index in [4.69, 9.17) is 0 Å². The Labute approximate surface area is 157 Å². The molecule has 4 rings (SSSR count). The standard InChI is InChI=1S/C19H19N3O2S2/c23-26(24,19-18(25-15-20-19)16-7-3-1-4-8-16)22-13-11-21(12-14-22)17-9-5-2-6-10-17/h1-10,15H,11-14H2. The number of nitrogens with zero attached hydrogens (tertiary/aromatic N) is 3. The molecule has 1 fully saturated rings. The van der Waals surface area contributed by atoms with Crippen LogP contribution in [0.2, 0.25) is 0 Å². The molecule has 0 N–H and O–H groups in total. The molecule has 0 amide bonds. The van der Waals surface area contributed by atoms with Crippen molar-refractivity contribution < 1.29 is 8.42 Å². The summed E-state index contributed by atoms with van der Waals surface area (Å²) in [4.78, 5) is 7.11. The number of benzene rings is 2. The van der Waals surface area contributed by atoms with Gasteiger partial charge in [-0.1, -0.05) is 48.5 Å². The Morgan fingerprint density at radius 3 is 2.12 bits per heavy atom. The Bertz CT molecular complexity index is 964. The van der Waals surface area contributed by atoms with Gasteiger partial charge in [0.2, 0.25) is 0 Å². The lowest BCUT2D eigenvalue weighted by Crippen LogP contribution is -2.48. The Morgan fingerprint density at radius 1 is 0.846 bits per heavy atom. The van der Waals surface area contributed by atoms with Crippen LogP contribution in [0.4, 0.5) is 5.69 Å². The zero-order valence-corrected chi connectivity index (χ0v) is 15.8. The van der Waals surface area contributed by atoms with E-state index in [1.165, 1.54) is 11.3 Å². The van der Waals surface area contributed by atoms with Gasteiger partial charge in [0, 0.05) is 31.9 Å². The van der Waals surface area contributed by atoms with Crippen LogP contribution in [0.15, 0.2) is 71.2 Å². The van der Waals surface area contributed by atoms with E-state index in [2.05, 4.69) is 22.0 Å². The second kappa shape index (κ2) is 7.19. The van der Waals surface area contributed by atoms with E-state index in [-0.39, 0.29) is 5.03 Å². The summed E-state index contributed by atoms with van der Waals surface area (Å²) in [5, 5.41) is 0.168. The van der Waals surface area contributed by atoms with Gasteiger partial charge in [0.15, 0.2) is 5.03 Å². The topological polar surface area (TPSA) is 53.5 Å². The van der Waals surface area contributed by atoms with Gasteiger partial charge in [0.1, 0.15) is 0 Å². The quantitative estimate of drug-likeness (QED) is 0.691. The van der Waals surface area contributed by atoms with E-state index in [1.807, 2.05) is 48.5 Å². The molecule has 0 bridgehead atoms. The molecule has 26 heavy (non-hydrogen) atoms. The number of hydrogen-bond donors (Lipinski definition) is 0.